The normalized spacial score (nSPS) is 14.8. The molecule has 0 atom stereocenters. The lowest BCUT2D eigenvalue weighted by molar-refractivity contribution is -0.176. The predicted octanol–water partition coefficient (Wildman–Crippen LogP) is 4.75. The van der Waals surface area contributed by atoms with Crippen molar-refractivity contribution in [3.63, 3.8) is 0 Å². The molecule has 2 aromatic rings. The molecule has 8 heteroatoms. The molecule has 1 heterocycles. The van der Waals surface area contributed by atoms with Crippen LogP contribution < -0.4 is 10.6 Å². The molecule has 1 aliphatic rings. The van der Waals surface area contributed by atoms with Crippen LogP contribution in [0.1, 0.15) is 41.5 Å². The van der Waals surface area contributed by atoms with E-state index in [1.54, 1.807) is 24.3 Å². The molecule has 1 fully saturated rings. The quantitative estimate of drug-likeness (QED) is 0.581. The maximum Gasteiger partial charge on any atom is 0.411 e. The number of amides is 2. The first-order valence-electron chi connectivity index (χ1n) is 10.9. The minimum atomic E-state index is -4.33. The number of carbonyl (C=O) groups is 1. The molecule has 2 amide bonds. The third-order valence-electron chi connectivity index (χ3n) is 5.34. The van der Waals surface area contributed by atoms with Crippen LogP contribution in [-0.4, -0.2) is 36.8 Å². The highest BCUT2D eigenvalue weighted by Gasteiger charge is 2.27. The van der Waals surface area contributed by atoms with E-state index in [0.29, 0.717) is 18.7 Å². The van der Waals surface area contributed by atoms with Gasteiger partial charge in [-0.3, -0.25) is 4.90 Å². The Hall–Kier alpha value is -2.58. The number of nitrogens with zero attached hydrogens (tertiary/aromatic N) is 1. The summed E-state index contributed by atoms with van der Waals surface area (Å²) in [5, 5.41) is 5.62. The molecule has 1 saturated heterocycles. The van der Waals surface area contributed by atoms with Crippen molar-refractivity contribution in [2.45, 2.75) is 51.7 Å². The molecule has 2 aromatic carbocycles. The van der Waals surface area contributed by atoms with Crippen molar-refractivity contribution in [2.75, 3.05) is 19.7 Å². The summed E-state index contributed by atoms with van der Waals surface area (Å²) in [6.07, 6.45) is -0.448. The van der Waals surface area contributed by atoms with Crippen molar-refractivity contribution >= 4 is 6.03 Å². The van der Waals surface area contributed by atoms with Crippen molar-refractivity contribution < 1.29 is 22.7 Å². The Morgan fingerprint density at radius 1 is 0.812 bits per heavy atom. The van der Waals surface area contributed by atoms with Crippen molar-refractivity contribution in [1.29, 1.82) is 0 Å². The van der Waals surface area contributed by atoms with Gasteiger partial charge in [0.2, 0.25) is 0 Å². The number of rotatable bonds is 9. The van der Waals surface area contributed by atoms with E-state index in [1.807, 2.05) is 12.1 Å². The maximum atomic E-state index is 12.1. The minimum Gasteiger partial charge on any atom is -0.367 e. The number of nitrogens with one attached hydrogen (secondary N) is 2. The number of benzene rings is 2. The highest BCUT2D eigenvalue weighted by Crippen LogP contribution is 2.16. The second-order valence-corrected chi connectivity index (χ2v) is 8.11. The first-order valence-corrected chi connectivity index (χ1v) is 10.9. The zero-order valence-electron chi connectivity index (χ0n) is 18.1. The van der Waals surface area contributed by atoms with Crippen LogP contribution in [0.3, 0.4) is 0 Å². The van der Waals surface area contributed by atoms with Crippen molar-refractivity contribution in [3.05, 3.63) is 70.8 Å². The van der Waals surface area contributed by atoms with E-state index in [0.717, 1.165) is 30.8 Å². The lowest BCUT2D eigenvalue weighted by atomic mass is 10.1. The Kier molecular flexibility index (Phi) is 8.93. The molecule has 2 N–H and O–H groups in total. The van der Waals surface area contributed by atoms with E-state index < -0.39 is 12.8 Å². The average molecular weight is 450 g/mol. The van der Waals surface area contributed by atoms with Gasteiger partial charge in [-0.1, -0.05) is 55.0 Å². The fourth-order valence-corrected chi connectivity index (χ4v) is 3.60. The molecular formula is C24H30F3N3O2. The molecule has 0 saturated carbocycles. The van der Waals surface area contributed by atoms with Gasteiger partial charge in [-0.25, -0.2) is 4.79 Å². The topological polar surface area (TPSA) is 53.6 Å². The molecule has 0 radical (unpaired) electrons. The number of likely N-dealkylation sites (tertiary alicyclic amines) is 1. The molecule has 0 bridgehead atoms. The number of alkyl halides is 3. The van der Waals surface area contributed by atoms with E-state index >= 15 is 0 Å². The smallest absolute Gasteiger partial charge is 0.367 e. The van der Waals surface area contributed by atoms with E-state index in [1.165, 1.54) is 24.8 Å². The summed E-state index contributed by atoms with van der Waals surface area (Å²) in [6, 6.07) is 14.9. The lowest BCUT2D eigenvalue weighted by Crippen LogP contribution is -2.34. The molecule has 1 aliphatic heterocycles. The van der Waals surface area contributed by atoms with Crippen LogP contribution in [0.25, 0.3) is 0 Å². The Morgan fingerprint density at radius 2 is 1.31 bits per heavy atom. The van der Waals surface area contributed by atoms with Gasteiger partial charge < -0.3 is 15.4 Å². The number of urea groups is 1. The maximum absolute atomic E-state index is 12.1. The van der Waals surface area contributed by atoms with Gasteiger partial charge in [0, 0.05) is 19.6 Å². The summed E-state index contributed by atoms with van der Waals surface area (Å²) in [7, 11) is 0. The van der Waals surface area contributed by atoms with Gasteiger partial charge in [0.25, 0.3) is 0 Å². The third kappa shape index (κ3) is 8.88. The van der Waals surface area contributed by atoms with Crippen LogP contribution in [-0.2, 0) is 31.0 Å². The number of hydrogen-bond acceptors (Lipinski definition) is 3. The Bertz CT molecular complexity index is 833. The van der Waals surface area contributed by atoms with Crippen LogP contribution in [0.2, 0.25) is 0 Å². The number of carbonyl (C=O) groups excluding carboxylic acids is 1. The van der Waals surface area contributed by atoms with Crippen LogP contribution in [0.4, 0.5) is 18.0 Å². The van der Waals surface area contributed by atoms with E-state index in [9.17, 15) is 18.0 Å². The SMILES string of the molecule is O=C(NCc1ccc(COCC(F)(F)F)cc1)NCc1ccc(CN2CCCCC2)cc1. The van der Waals surface area contributed by atoms with E-state index in [2.05, 4.69) is 32.4 Å². The summed E-state index contributed by atoms with van der Waals surface area (Å²) in [4.78, 5) is 14.5. The fourth-order valence-electron chi connectivity index (χ4n) is 3.60. The summed E-state index contributed by atoms with van der Waals surface area (Å²) in [6.45, 7) is 2.69. The first-order chi connectivity index (χ1) is 15.4. The summed E-state index contributed by atoms with van der Waals surface area (Å²) >= 11 is 0. The number of piperidine rings is 1. The average Bonchev–Trinajstić information content (AvgIpc) is 2.78. The second kappa shape index (κ2) is 11.9. The zero-order chi connectivity index (χ0) is 22.8. The zero-order valence-corrected chi connectivity index (χ0v) is 18.1. The first kappa shape index (κ1) is 24.1. The molecule has 3 rings (SSSR count). The molecule has 5 nitrogen and oxygen atoms in total. The molecular weight excluding hydrogens is 419 g/mol. The van der Waals surface area contributed by atoms with Crippen LogP contribution in [0, 0.1) is 0 Å². The number of ether oxygens (including phenoxy) is 1. The molecule has 174 valence electrons. The van der Waals surface area contributed by atoms with E-state index in [-0.39, 0.29) is 12.6 Å². The van der Waals surface area contributed by atoms with Crippen molar-refractivity contribution in [1.82, 2.24) is 15.5 Å². The third-order valence-corrected chi connectivity index (χ3v) is 5.34. The lowest BCUT2D eigenvalue weighted by Gasteiger charge is -2.26. The van der Waals surface area contributed by atoms with Gasteiger partial charge in [0.1, 0.15) is 6.61 Å². The highest BCUT2D eigenvalue weighted by molar-refractivity contribution is 5.73. The Balaban J connectivity index is 1.34. The van der Waals surface area contributed by atoms with Gasteiger partial charge in [-0.2, -0.15) is 13.2 Å². The highest BCUT2D eigenvalue weighted by atomic mass is 19.4. The summed E-state index contributed by atoms with van der Waals surface area (Å²) < 4.78 is 40.9. The van der Waals surface area contributed by atoms with Gasteiger partial charge >= 0.3 is 12.2 Å². The molecule has 0 aromatic heterocycles. The minimum absolute atomic E-state index is 0.107. The van der Waals surface area contributed by atoms with Crippen LogP contribution >= 0.6 is 0 Å². The molecule has 0 unspecified atom stereocenters. The Morgan fingerprint density at radius 3 is 1.84 bits per heavy atom. The monoisotopic (exact) mass is 449 g/mol. The van der Waals surface area contributed by atoms with Gasteiger partial charge in [-0.15, -0.1) is 0 Å². The number of hydrogen-bond donors (Lipinski definition) is 2. The molecule has 0 aliphatic carbocycles. The van der Waals surface area contributed by atoms with Crippen LogP contribution in [0.15, 0.2) is 48.5 Å². The fraction of sp³-hybridized carbons (Fsp3) is 0.458. The summed E-state index contributed by atoms with van der Waals surface area (Å²) in [5.74, 6) is 0. The Labute approximate surface area is 186 Å². The number of halogens is 3. The van der Waals surface area contributed by atoms with Crippen molar-refractivity contribution in [3.8, 4) is 0 Å². The summed E-state index contributed by atoms with van der Waals surface area (Å²) in [5.41, 5.74) is 3.81. The largest absolute Gasteiger partial charge is 0.411 e. The van der Waals surface area contributed by atoms with Gasteiger partial charge in [-0.05, 0) is 48.2 Å². The van der Waals surface area contributed by atoms with Gasteiger partial charge in [0.15, 0.2) is 0 Å². The predicted molar refractivity (Wildman–Crippen MR) is 117 cm³/mol. The second-order valence-electron chi connectivity index (χ2n) is 8.11. The van der Waals surface area contributed by atoms with Crippen molar-refractivity contribution in [2.24, 2.45) is 0 Å². The van der Waals surface area contributed by atoms with Gasteiger partial charge in [0.05, 0.1) is 6.61 Å². The van der Waals surface area contributed by atoms with E-state index in [4.69, 9.17) is 0 Å². The molecule has 0 spiro atoms. The van der Waals surface area contributed by atoms with Crippen LogP contribution in [0.5, 0.6) is 0 Å². The molecule has 32 heavy (non-hydrogen) atoms. The standard InChI is InChI=1S/C24H30F3N3O2/c25-24(26,27)18-32-17-22-10-6-20(7-11-22)15-29-23(31)28-14-19-4-8-21(9-5-19)16-30-12-2-1-3-13-30/h4-11H,1-3,12-18H2,(H2,28,29,31).